The van der Waals surface area contributed by atoms with Gasteiger partial charge in [-0.05, 0) is 49.7 Å². The van der Waals surface area contributed by atoms with Gasteiger partial charge in [-0.15, -0.1) is 0 Å². The van der Waals surface area contributed by atoms with Crippen molar-refractivity contribution < 1.29 is 14.6 Å². The van der Waals surface area contributed by atoms with Gasteiger partial charge in [0.15, 0.2) is 0 Å². The molecular weight excluding hydrogens is 278 g/mol. The number of anilines is 1. The molecule has 4 heteroatoms. The molecule has 2 aromatic carbocycles. The zero-order valence-corrected chi connectivity index (χ0v) is 12.9. The number of rotatable bonds is 7. The average molecular weight is 299 g/mol. The fourth-order valence-corrected chi connectivity index (χ4v) is 2.44. The Morgan fingerprint density at radius 1 is 1.05 bits per heavy atom. The number of ether oxygens (including phenoxy) is 1. The first-order chi connectivity index (χ1) is 10.7. The summed E-state index contributed by atoms with van der Waals surface area (Å²) in [4.78, 5) is 13.2. The van der Waals surface area contributed by atoms with Crippen LogP contribution in [0.5, 0.6) is 11.5 Å². The molecule has 1 atom stereocenters. The molecule has 0 saturated carbocycles. The monoisotopic (exact) mass is 299 g/mol. The van der Waals surface area contributed by atoms with E-state index in [-0.39, 0.29) is 0 Å². The first-order valence-electron chi connectivity index (χ1n) is 7.48. The van der Waals surface area contributed by atoms with E-state index in [2.05, 4.69) is 0 Å². The van der Waals surface area contributed by atoms with Crippen molar-refractivity contribution >= 4 is 11.7 Å². The normalized spacial score (nSPS) is 11.7. The van der Waals surface area contributed by atoms with Crippen molar-refractivity contribution in [2.24, 2.45) is 0 Å². The Morgan fingerprint density at radius 2 is 1.64 bits per heavy atom. The van der Waals surface area contributed by atoms with Crippen LogP contribution in [0.3, 0.4) is 0 Å². The molecule has 1 N–H and O–H groups in total. The summed E-state index contributed by atoms with van der Waals surface area (Å²) >= 11 is 0. The molecule has 0 heterocycles. The van der Waals surface area contributed by atoms with Gasteiger partial charge in [-0.3, -0.25) is 0 Å². The lowest BCUT2D eigenvalue weighted by Crippen LogP contribution is -2.40. The SMILES string of the molecule is CC[C@@H](C(=O)O)N(CC)c1ccc(Oc2ccccc2)cc1. The van der Waals surface area contributed by atoms with Crippen molar-refractivity contribution in [2.45, 2.75) is 26.3 Å². The van der Waals surface area contributed by atoms with Crippen LogP contribution in [0.25, 0.3) is 0 Å². The van der Waals surface area contributed by atoms with Crippen molar-refractivity contribution in [2.75, 3.05) is 11.4 Å². The van der Waals surface area contributed by atoms with Crippen molar-refractivity contribution in [1.29, 1.82) is 0 Å². The Balaban J connectivity index is 2.14. The van der Waals surface area contributed by atoms with Gasteiger partial charge in [0, 0.05) is 12.2 Å². The summed E-state index contributed by atoms with van der Waals surface area (Å²) in [5, 5.41) is 9.32. The van der Waals surface area contributed by atoms with Crippen LogP contribution in [0, 0.1) is 0 Å². The number of carboxylic acid groups (broad SMARTS) is 1. The number of hydrogen-bond donors (Lipinski definition) is 1. The van der Waals surface area contributed by atoms with Gasteiger partial charge in [0.2, 0.25) is 0 Å². The second-order valence-electron chi connectivity index (χ2n) is 4.96. The lowest BCUT2D eigenvalue weighted by Gasteiger charge is -2.29. The van der Waals surface area contributed by atoms with Crippen LogP contribution in [0.1, 0.15) is 20.3 Å². The minimum atomic E-state index is -0.797. The molecule has 4 nitrogen and oxygen atoms in total. The third kappa shape index (κ3) is 3.79. The second kappa shape index (κ2) is 7.50. The van der Waals surface area contributed by atoms with E-state index in [1.165, 1.54) is 0 Å². The number of hydrogen-bond acceptors (Lipinski definition) is 3. The quantitative estimate of drug-likeness (QED) is 0.833. The summed E-state index contributed by atoms with van der Waals surface area (Å²) in [6.45, 7) is 4.48. The summed E-state index contributed by atoms with van der Waals surface area (Å²) in [5.74, 6) is 0.711. The number of nitrogens with zero attached hydrogens (tertiary/aromatic N) is 1. The molecule has 116 valence electrons. The highest BCUT2D eigenvalue weighted by molar-refractivity contribution is 5.78. The molecule has 0 spiro atoms. The van der Waals surface area contributed by atoms with Crippen LogP contribution in [-0.4, -0.2) is 23.7 Å². The first kappa shape index (κ1) is 15.9. The van der Waals surface area contributed by atoms with Gasteiger partial charge in [-0.1, -0.05) is 25.1 Å². The van der Waals surface area contributed by atoms with E-state index >= 15 is 0 Å². The van der Waals surface area contributed by atoms with Crippen LogP contribution >= 0.6 is 0 Å². The Morgan fingerprint density at radius 3 is 2.14 bits per heavy atom. The van der Waals surface area contributed by atoms with E-state index < -0.39 is 12.0 Å². The van der Waals surface area contributed by atoms with Gasteiger partial charge < -0.3 is 14.7 Å². The topological polar surface area (TPSA) is 49.8 Å². The van der Waals surface area contributed by atoms with E-state index in [9.17, 15) is 9.90 Å². The highest BCUT2D eigenvalue weighted by Crippen LogP contribution is 2.25. The molecule has 0 saturated heterocycles. The average Bonchev–Trinajstić information content (AvgIpc) is 2.54. The van der Waals surface area contributed by atoms with Crippen molar-refractivity contribution in [3.8, 4) is 11.5 Å². The number of benzene rings is 2. The molecular formula is C18H21NO3. The molecule has 0 aliphatic heterocycles. The zero-order chi connectivity index (χ0) is 15.9. The standard InChI is InChI=1S/C18H21NO3/c1-3-17(18(20)21)19(4-2)14-10-12-16(13-11-14)22-15-8-6-5-7-9-15/h5-13,17H,3-4H2,1-2H3,(H,20,21)/t17-/m0/s1. The lowest BCUT2D eigenvalue weighted by atomic mass is 10.1. The summed E-state index contributed by atoms with van der Waals surface area (Å²) in [5.41, 5.74) is 0.886. The van der Waals surface area contributed by atoms with E-state index in [1.54, 1.807) is 0 Å². The maximum Gasteiger partial charge on any atom is 0.326 e. The highest BCUT2D eigenvalue weighted by Gasteiger charge is 2.22. The van der Waals surface area contributed by atoms with Gasteiger partial charge >= 0.3 is 5.97 Å². The Kier molecular flexibility index (Phi) is 5.42. The summed E-state index contributed by atoms with van der Waals surface area (Å²) in [6, 6.07) is 16.6. The predicted octanol–water partition coefficient (Wildman–Crippen LogP) is 4.17. The predicted molar refractivity (Wildman–Crippen MR) is 87.7 cm³/mol. The molecule has 22 heavy (non-hydrogen) atoms. The minimum Gasteiger partial charge on any atom is -0.480 e. The summed E-state index contributed by atoms with van der Waals surface area (Å²) in [6.07, 6.45) is 0.561. The molecule has 0 aromatic heterocycles. The van der Waals surface area contributed by atoms with Crippen LogP contribution in [0.4, 0.5) is 5.69 Å². The molecule has 0 aliphatic carbocycles. The number of para-hydroxylation sites is 1. The fourth-order valence-electron chi connectivity index (χ4n) is 2.44. The molecule has 0 bridgehead atoms. The van der Waals surface area contributed by atoms with Gasteiger partial charge in [0.05, 0.1) is 0 Å². The Bertz CT molecular complexity index is 595. The molecule has 0 amide bonds. The molecule has 0 aliphatic rings. The van der Waals surface area contributed by atoms with Gasteiger partial charge in [-0.25, -0.2) is 4.79 Å². The number of carbonyl (C=O) groups is 1. The maximum absolute atomic E-state index is 11.3. The maximum atomic E-state index is 11.3. The Hall–Kier alpha value is -2.49. The van der Waals surface area contributed by atoms with Crippen LogP contribution in [-0.2, 0) is 4.79 Å². The number of carboxylic acids is 1. The van der Waals surface area contributed by atoms with E-state index in [0.717, 1.165) is 17.2 Å². The van der Waals surface area contributed by atoms with Crippen molar-refractivity contribution in [3.63, 3.8) is 0 Å². The summed E-state index contributed by atoms with van der Waals surface area (Å²) in [7, 11) is 0. The summed E-state index contributed by atoms with van der Waals surface area (Å²) < 4.78 is 5.75. The van der Waals surface area contributed by atoms with Gasteiger partial charge in [0.25, 0.3) is 0 Å². The highest BCUT2D eigenvalue weighted by atomic mass is 16.5. The third-order valence-corrected chi connectivity index (χ3v) is 3.54. The molecule has 2 aromatic rings. The third-order valence-electron chi connectivity index (χ3n) is 3.54. The lowest BCUT2D eigenvalue weighted by molar-refractivity contribution is -0.138. The number of likely N-dealkylation sites (N-methyl/N-ethyl adjacent to an activating group) is 1. The van der Waals surface area contributed by atoms with Crippen LogP contribution < -0.4 is 9.64 Å². The zero-order valence-electron chi connectivity index (χ0n) is 12.9. The first-order valence-corrected chi connectivity index (χ1v) is 7.48. The van der Waals surface area contributed by atoms with Gasteiger partial charge in [0.1, 0.15) is 17.5 Å². The number of aliphatic carboxylic acids is 1. The molecule has 0 radical (unpaired) electrons. The van der Waals surface area contributed by atoms with E-state index in [4.69, 9.17) is 4.74 Å². The molecule has 0 unspecified atom stereocenters. The molecule has 0 fully saturated rings. The largest absolute Gasteiger partial charge is 0.480 e. The van der Waals surface area contributed by atoms with Crippen molar-refractivity contribution in [1.82, 2.24) is 0 Å². The minimum absolute atomic E-state index is 0.508. The van der Waals surface area contributed by atoms with E-state index in [1.807, 2.05) is 73.3 Å². The molecule has 2 rings (SSSR count). The van der Waals surface area contributed by atoms with Crippen LogP contribution in [0.2, 0.25) is 0 Å². The van der Waals surface area contributed by atoms with Gasteiger partial charge in [-0.2, -0.15) is 0 Å². The second-order valence-corrected chi connectivity index (χ2v) is 4.96. The van der Waals surface area contributed by atoms with Crippen LogP contribution in [0.15, 0.2) is 54.6 Å². The fraction of sp³-hybridized carbons (Fsp3) is 0.278. The Labute approximate surface area is 131 Å². The smallest absolute Gasteiger partial charge is 0.326 e. The van der Waals surface area contributed by atoms with E-state index in [0.29, 0.717) is 13.0 Å². The van der Waals surface area contributed by atoms with Crippen molar-refractivity contribution in [3.05, 3.63) is 54.6 Å².